The summed E-state index contributed by atoms with van der Waals surface area (Å²) in [5.41, 5.74) is 3.51. The van der Waals surface area contributed by atoms with E-state index >= 15 is 0 Å². The van der Waals surface area contributed by atoms with Crippen molar-refractivity contribution in [3.05, 3.63) is 83.6 Å². The second kappa shape index (κ2) is 7.43. The van der Waals surface area contributed by atoms with E-state index in [-0.39, 0.29) is 18.3 Å². The largest absolute Gasteiger partial charge is 0.288 e. The lowest BCUT2D eigenvalue weighted by atomic mass is 10.1. The SMILES string of the molecule is Cc1ccc(-c2cc(C(=O)Nc3ncn(Cc4ccccc4F)n3)[nH]n2)cc1. The van der Waals surface area contributed by atoms with Crippen molar-refractivity contribution in [2.75, 3.05) is 5.32 Å². The summed E-state index contributed by atoms with van der Waals surface area (Å²) in [5, 5.41) is 13.7. The fourth-order valence-corrected chi connectivity index (χ4v) is 2.71. The van der Waals surface area contributed by atoms with Crippen molar-refractivity contribution in [2.45, 2.75) is 13.5 Å². The van der Waals surface area contributed by atoms with E-state index in [0.29, 0.717) is 17.0 Å². The molecule has 1 amide bonds. The first-order valence-corrected chi connectivity index (χ1v) is 8.65. The van der Waals surface area contributed by atoms with Crippen LogP contribution in [0.4, 0.5) is 10.3 Å². The number of halogens is 1. The van der Waals surface area contributed by atoms with Crippen LogP contribution in [0.15, 0.2) is 60.9 Å². The van der Waals surface area contributed by atoms with Crippen LogP contribution in [0, 0.1) is 12.7 Å². The molecule has 28 heavy (non-hydrogen) atoms. The van der Waals surface area contributed by atoms with Gasteiger partial charge < -0.3 is 0 Å². The average molecular weight is 376 g/mol. The number of nitrogens with zero attached hydrogens (tertiary/aromatic N) is 4. The summed E-state index contributed by atoms with van der Waals surface area (Å²) in [6.07, 6.45) is 1.44. The highest BCUT2D eigenvalue weighted by molar-refractivity contribution is 6.02. The summed E-state index contributed by atoms with van der Waals surface area (Å²) in [7, 11) is 0. The first-order chi connectivity index (χ1) is 13.6. The predicted molar refractivity (Wildman–Crippen MR) is 102 cm³/mol. The molecule has 0 aliphatic heterocycles. The third kappa shape index (κ3) is 3.80. The number of aryl methyl sites for hydroxylation is 1. The number of hydrogen-bond acceptors (Lipinski definition) is 4. The molecule has 0 aliphatic rings. The zero-order valence-electron chi connectivity index (χ0n) is 15.1. The van der Waals surface area contributed by atoms with Crippen LogP contribution in [0.25, 0.3) is 11.3 Å². The number of benzene rings is 2. The fourth-order valence-electron chi connectivity index (χ4n) is 2.71. The average Bonchev–Trinajstić information content (AvgIpc) is 3.34. The van der Waals surface area contributed by atoms with Gasteiger partial charge in [0.05, 0.1) is 12.2 Å². The van der Waals surface area contributed by atoms with Gasteiger partial charge in [-0.25, -0.2) is 14.1 Å². The molecule has 2 aromatic heterocycles. The monoisotopic (exact) mass is 376 g/mol. The van der Waals surface area contributed by atoms with Gasteiger partial charge in [0, 0.05) is 11.1 Å². The third-order valence-electron chi connectivity index (χ3n) is 4.22. The van der Waals surface area contributed by atoms with Crippen LogP contribution < -0.4 is 5.32 Å². The minimum absolute atomic E-state index is 0.132. The molecule has 0 aliphatic carbocycles. The van der Waals surface area contributed by atoms with E-state index in [4.69, 9.17) is 0 Å². The van der Waals surface area contributed by atoms with Crippen LogP contribution in [0.5, 0.6) is 0 Å². The van der Waals surface area contributed by atoms with Gasteiger partial charge in [-0.1, -0.05) is 48.0 Å². The number of H-pyrrole nitrogens is 1. The molecule has 0 bridgehead atoms. The maximum Gasteiger partial charge on any atom is 0.276 e. The van der Waals surface area contributed by atoms with E-state index in [9.17, 15) is 9.18 Å². The van der Waals surface area contributed by atoms with Gasteiger partial charge in [-0.05, 0) is 19.1 Å². The molecule has 4 rings (SSSR count). The number of amides is 1. The Kier molecular flexibility index (Phi) is 4.67. The molecule has 2 N–H and O–H groups in total. The minimum atomic E-state index is -0.408. The Hall–Kier alpha value is -3.81. The standard InChI is InChI=1S/C20H17FN6O/c1-13-6-8-14(9-7-13)17-10-18(25-24-17)19(28)23-20-22-12-27(26-20)11-15-4-2-3-5-16(15)21/h2-10,12H,11H2,1H3,(H,24,25)(H,23,26,28). The van der Waals surface area contributed by atoms with Gasteiger partial charge in [0.1, 0.15) is 17.8 Å². The van der Waals surface area contributed by atoms with Crippen LogP contribution >= 0.6 is 0 Å². The normalized spacial score (nSPS) is 10.8. The number of carbonyl (C=O) groups is 1. The van der Waals surface area contributed by atoms with Crippen molar-refractivity contribution in [2.24, 2.45) is 0 Å². The molecule has 0 unspecified atom stereocenters. The van der Waals surface area contributed by atoms with Gasteiger partial charge in [-0.15, -0.1) is 5.10 Å². The van der Waals surface area contributed by atoms with Gasteiger partial charge in [-0.3, -0.25) is 15.2 Å². The lowest BCUT2D eigenvalue weighted by Crippen LogP contribution is -2.14. The maximum absolute atomic E-state index is 13.7. The van der Waals surface area contributed by atoms with Crippen molar-refractivity contribution in [1.82, 2.24) is 25.0 Å². The second-order valence-corrected chi connectivity index (χ2v) is 6.34. The number of aromatic amines is 1. The van der Waals surface area contributed by atoms with Gasteiger partial charge >= 0.3 is 0 Å². The van der Waals surface area contributed by atoms with Crippen molar-refractivity contribution < 1.29 is 9.18 Å². The Morgan fingerprint density at radius 2 is 1.96 bits per heavy atom. The first kappa shape index (κ1) is 17.6. The summed E-state index contributed by atoms with van der Waals surface area (Å²) in [6, 6.07) is 16.0. The van der Waals surface area contributed by atoms with E-state index < -0.39 is 5.91 Å². The molecule has 2 aromatic carbocycles. The molecule has 0 atom stereocenters. The van der Waals surface area contributed by atoms with E-state index in [0.717, 1.165) is 11.1 Å². The molecule has 0 fully saturated rings. The number of aromatic nitrogens is 5. The van der Waals surface area contributed by atoms with Gasteiger partial charge in [0.2, 0.25) is 5.95 Å². The van der Waals surface area contributed by atoms with Crippen LogP contribution in [-0.4, -0.2) is 30.9 Å². The smallest absolute Gasteiger partial charge is 0.276 e. The van der Waals surface area contributed by atoms with Crippen molar-refractivity contribution in [3.8, 4) is 11.3 Å². The summed E-state index contributed by atoms with van der Waals surface area (Å²) in [5.74, 6) is -0.591. The molecule has 4 aromatic rings. The van der Waals surface area contributed by atoms with Gasteiger partial charge in [-0.2, -0.15) is 5.10 Å². The van der Waals surface area contributed by atoms with E-state index in [1.807, 2.05) is 31.2 Å². The number of hydrogen-bond donors (Lipinski definition) is 2. The van der Waals surface area contributed by atoms with E-state index in [1.54, 1.807) is 24.3 Å². The summed E-state index contributed by atoms with van der Waals surface area (Å²) in [6.45, 7) is 2.22. The lowest BCUT2D eigenvalue weighted by molar-refractivity contribution is 0.102. The number of anilines is 1. The van der Waals surface area contributed by atoms with Crippen LogP contribution in [0.1, 0.15) is 21.6 Å². The number of rotatable bonds is 5. The molecular formula is C20H17FN6O. The Balaban J connectivity index is 1.44. The number of carbonyl (C=O) groups excluding carboxylic acids is 1. The quantitative estimate of drug-likeness (QED) is 0.559. The molecule has 0 radical (unpaired) electrons. The molecule has 8 heteroatoms. The molecule has 0 saturated carbocycles. The van der Waals surface area contributed by atoms with Gasteiger partial charge in [0.25, 0.3) is 5.91 Å². The topological polar surface area (TPSA) is 88.5 Å². The Bertz CT molecular complexity index is 1120. The molecule has 0 saturated heterocycles. The van der Waals surface area contributed by atoms with Crippen molar-refractivity contribution in [1.29, 1.82) is 0 Å². The predicted octanol–water partition coefficient (Wildman–Crippen LogP) is 3.42. The van der Waals surface area contributed by atoms with Crippen molar-refractivity contribution >= 4 is 11.9 Å². The number of nitrogens with one attached hydrogen (secondary N) is 2. The zero-order chi connectivity index (χ0) is 19.5. The van der Waals surface area contributed by atoms with Gasteiger partial charge in [0.15, 0.2) is 0 Å². The molecule has 7 nitrogen and oxygen atoms in total. The highest BCUT2D eigenvalue weighted by Gasteiger charge is 2.13. The first-order valence-electron chi connectivity index (χ1n) is 8.65. The maximum atomic E-state index is 13.7. The fraction of sp³-hybridized carbons (Fsp3) is 0.100. The van der Waals surface area contributed by atoms with Crippen LogP contribution in [0.2, 0.25) is 0 Å². The minimum Gasteiger partial charge on any atom is -0.288 e. The Morgan fingerprint density at radius 1 is 1.18 bits per heavy atom. The highest BCUT2D eigenvalue weighted by atomic mass is 19.1. The summed E-state index contributed by atoms with van der Waals surface area (Å²) in [4.78, 5) is 16.4. The lowest BCUT2D eigenvalue weighted by Gasteiger charge is -2.02. The van der Waals surface area contributed by atoms with Crippen molar-refractivity contribution in [3.63, 3.8) is 0 Å². The zero-order valence-corrected chi connectivity index (χ0v) is 15.1. The van der Waals surface area contributed by atoms with E-state index in [2.05, 4.69) is 25.6 Å². The Labute approximate surface area is 160 Å². The molecule has 140 valence electrons. The summed E-state index contributed by atoms with van der Waals surface area (Å²) < 4.78 is 15.2. The Morgan fingerprint density at radius 3 is 2.75 bits per heavy atom. The molecule has 2 heterocycles. The second-order valence-electron chi connectivity index (χ2n) is 6.34. The van der Waals surface area contributed by atoms with E-state index in [1.165, 1.54) is 17.1 Å². The third-order valence-corrected chi connectivity index (χ3v) is 4.22. The highest BCUT2D eigenvalue weighted by Crippen LogP contribution is 2.18. The molecule has 0 spiro atoms. The van der Waals surface area contributed by atoms with Crippen LogP contribution in [0.3, 0.4) is 0 Å². The molecular weight excluding hydrogens is 359 g/mol. The van der Waals surface area contributed by atoms with Crippen LogP contribution in [-0.2, 0) is 6.54 Å². The summed E-state index contributed by atoms with van der Waals surface area (Å²) >= 11 is 0.